The minimum atomic E-state index is 0.379. The van der Waals surface area contributed by atoms with Crippen LogP contribution < -0.4 is 5.32 Å². The Morgan fingerprint density at radius 1 is 0.875 bits per heavy atom. The van der Waals surface area contributed by atoms with Crippen LogP contribution in [-0.4, -0.2) is 26.3 Å². The van der Waals surface area contributed by atoms with Crippen molar-refractivity contribution in [3.05, 3.63) is 0 Å². The van der Waals surface area contributed by atoms with E-state index in [1.807, 2.05) is 0 Å². The molecular weight excluding hydrogens is 198 g/mol. The van der Waals surface area contributed by atoms with Crippen molar-refractivity contribution in [2.45, 2.75) is 53.6 Å². The van der Waals surface area contributed by atoms with Gasteiger partial charge in [-0.15, -0.1) is 0 Å². The highest BCUT2D eigenvalue weighted by molar-refractivity contribution is 4.68. The predicted octanol–water partition coefficient (Wildman–Crippen LogP) is 3.32. The van der Waals surface area contributed by atoms with Gasteiger partial charge >= 0.3 is 0 Å². The predicted molar refractivity (Wildman–Crippen MR) is 71.7 cm³/mol. The zero-order valence-corrected chi connectivity index (χ0v) is 12.0. The van der Waals surface area contributed by atoms with E-state index in [1.54, 1.807) is 7.11 Å². The van der Waals surface area contributed by atoms with E-state index in [1.165, 1.54) is 12.8 Å². The van der Waals surface area contributed by atoms with Crippen molar-refractivity contribution >= 4 is 0 Å². The Bertz CT molecular complexity index is 157. The van der Waals surface area contributed by atoms with Gasteiger partial charge in [-0.05, 0) is 50.6 Å². The van der Waals surface area contributed by atoms with Crippen molar-refractivity contribution in [1.82, 2.24) is 5.32 Å². The van der Waals surface area contributed by atoms with E-state index in [2.05, 4.69) is 39.9 Å². The molecule has 0 aliphatic carbocycles. The molecule has 0 rings (SSSR count). The van der Waals surface area contributed by atoms with Crippen LogP contribution in [0.4, 0.5) is 0 Å². The average molecular weight is 229 g/mol. The Hall–Kier alpha value is -0.0800. The molecule has 2 heteroatoms. The van der Waals surface area contributed by atoms with Crippen LogP contribution >= 0.6 is 0 Å². The van der Waals surface area contributed by atoms with Gasteiger partial charge in [0.15, 0.2) is 0 Å². The highest BCUT2D eigenvalue weighted by atomic mass is 16.5. The zero-order valence-electron chi connectivity index (χ0n) is 12.0. The fraction of sp³-hybridized carbons (Fsp3) is 1.00. The van der Waals surface area contributed by atoms with Crippen LogP contribution in [0.25, 0.3) is 0 Å². The molecule has 98 valence electrons. The Kier molecular flexibility index (Phi) is 8.96. The molecule has 2 unspecified atom stereocenters. The first-order valence-electron chi connectivity index (χ1n) is 6.69. The second-order valence-electron chi connectivity index (χ2n) is 5.83. The molecule has 0 spiro atoms. The first kappa shape index (κ1) is 15.9. The molecule has 0 aromatic rings. The summed E-state index contributed by atoms with van der Waals surface area (Å²) in [5.41, 5.74) is 0. The van der Waals surface area contributed by atoms with E-state index in [-0.39, 0.29) is 0 Å². The molecule has 0 radical (unpaired) electrons. The quantitative estimate of drug-likeness (QED) is 0.655. The van der Waals surface area contributed by atoms with E-state index in [0.717, 1.165) is 30.8 Å². The fourth-order valence-electron chi connectivity index (χ4n) is 2.07. The van der Waals surface area contributed by atoms with Gasteiger partial charge in [-0.1, -0.05) is 27.7 Å². The van der Waals surface area contributed by atoms with E-state index >= 15 is 0 Å². The largest absolute Gasteiger partial charge is 0.382 e. The summed E-state index contributed by atoms with van der Waals surface area (Å²) in [6.07, 6.45) is 2.84. The van der Waals surface area contributed by atoms with E-state index in [0.29, 0.717) is 6.10 Å². The van der Waals surface area contributed by atoms with Crippen LogP contribution in [0, 0.1) is 17.8 Å². The van der Waals surface area contributed by atoms with Crippen LogP contribution in [0.5, 0.6) is 0 Å². The summed E-state index contributed by atoms with van der Waals surface area (Å²) < 4.78 is 5.36. The Morgan fingerprint density at radius 3 is 1.94 bits per heavy atom. The molecule has 0 saturated carbocycles. The van der Waals surface area contributed by atoms with E-state index in [4.69, 9.17) is 4.74 Å². The van der Waals surface area contributed by atoms with Crippen LogP contribution in [0.3, 0.4) is 0 Å². The Labute approximate surface area is 102 Å². The molecule has 0 heterocycles. The molecule has 0 aromatic heterocycles. The van der Waals surface area contributed by atoms with Crippen molar-refractivity contribution in [3.8, 4) is 0 Å². The lowest BCUT2D eigenvalue weighted by atomic mass is 9.92. The summed E-state index contributed by atoms with van der Waals surface area (Å²) in [7, 11) is 1.80. The maximum absolute atomic E-state index is 5.36. The third kappa shape index (κ3) is 9.17. The summed E-state index contributed by atoms with van der Waals surface area (Å²) in [4.78, 5) is 0. The second kappa shape index (κ2) is 9.00. The maximum atomic E-state index is 5.36. The topological polar surface area (TPSA) is 21.3 Å². The minimum absolute atomic E-state index is 0.379. The van der Waals surface area contributed by atoms with Gasteiger partial charge in [0.25, 0.3) is 0 Å². The van der Waals surface area contributed by atoms with Crippen LogP contribution in [0.1, 0.15) is 47.5 Å². The summed E-state index contributed by atoms with van der Waals surface area (Å²) in [6, 6.07) is 0. The molecule has 0 saturated heterocycles. The first-order valence-corrected chi connectivity index (χ1v) is 6.69. The maximum Gasteiger partial charge on any atom is 0.0546 e. The third-order valence-electron chi connectivity index (χ3n) is 2.86. The van der Waals surface area contributed by atoms with Gasteiger partial charge in [-0.2, -0.15) is 0 Å². The van der Waals surface area contributed by atoms with Crippen molar-refractivity contribution in [2.75, 3.05) is 20.2 Å². The second-order valence-corrected chi connectivity index (χ2v) is 5.83. The molecular formula is C14H31NO. The summed E-state index contributed by atoms with van der Waals surface area (Å²) in [5.74, 6) is 2.25. The van der Waals surface area contributed by atoms with Gasteiger partial charge in [-0.25, -0.2) is 0 Å². The summed E-state index contributed by atoms with van der Waals surface area (Å²) in [6.45, 7) is 13.5. The summed E-state index contributed by atoms with van der Waals surface area (Å²) >= 11 is 0. The van der Waals surface area contributed by atoms with Crippen molar-refractivity contribution in [1.29, 1.82) is 0 Å². The molecule has 0 amide bonds. The van der Waals surface area contributed by atoms with Gasteiger partial charge in [-0.3, -0.25) is 0 Å². The smallest absolute Gasteiger partial charge is 0.0546 e. The Balaban J connectivity index is 3.90. The van der Waals surface area contributed by atoms with Crippen LogP contribution in [0.15, 0.2) is 0 Å². The van der Waals surface area contributed by atoms with Gasteiger partial charge in [0.05, 0.1) is 6.10 Å². The standard InChI is InChI=1S/C14H31NO/c1-11(2)7-14(8-13(5)16-6)10-15-9-12(3)4/h11-15H,7-10H2,1-6H3. The van der Waals surface area contributed by atoms with Gasteiger partial charge in [0.1, 0.15) is 0 Å². The number of methoxy groups -OCH3 is 1. The normalized spacial score (nSPS) is 15.8. The molecule has 2 atom stereocenters. The number of nitrogens with one attached hydrogen (secondary N) is 1. The van der Waals surface area contributed by atoms with Crippen molar-refractivity contribution in [2.24, 2.45) is 17.8 Å². The number of hydrogen-bond acceptors (Lipinski definition) is 2. The molecule has 0 aliphatic heterocycles. The van der Waals surface area contributed by atoms with Crippen molar-refractivity contribution in [3.63, 3.8) is 0 Å². The van der Waals surface area contributed by atoms with Gasteiger partial charge in [0, 0.05) is 7.11 Å². The highest BCUT2D eigenvalue weighted by Crippen LogP contribution is 2.17. The number of hydrogen-bond donors (Lipinski definition) is 1. The molecule has 0 fully saturated rings. The average Bonchev–Trinajstić information content (AvgIpc) is 2.15. The molecule has 16 heavy (non-hydrogen) atoms. The first-order chi connectivity index (χ1) is 7.45. The monoisotopic (exact) mass is 229 g/mol. The molecule has 0 aliphatic rings. The lowest BCUT2D eigenvalue weighted by Gasteiger charge is -2.23. The lowest BCUT2D eigenvalue weighted by molar-refractivity contribution is 0.0908. The zero-order chi connectivity index (χ0) is 12.6. The van der Waals surface area contributed by atoms with E-state index < -0.39 is 0 Å². The van der Waals surface area contributed by atoms with Crippen LogP contribution in [-0.2, 0) is 4.74 Å². The lowest BCUT2D eigenvalue weighted by Crippen LogP contribution is -2.29. The third-order valence-corrected chi connectivity index (χ3v) is 2.86. The fourth-order valence-corrected chi connectivity index (χ4v) is 2.07. The molecule has 2 nitrogen and oxygen atoms in total. The van der Waals surface area contributed by atoms with Gasteiger partial charge < -0.3 is 10.1 Å². The number of rotatable bonds is 9. The number of ether oxygens (including phenoxy) is 1. The van der Waals surface area contributed by atoms with Crippen molar-refractivity contribution < 1.29 is 4.74 Å². The summed E-state index contributed by atoms with van der Waals surface area (Å²) in [5, 5.41) is 3.56. The molecule has 0 bridgehead atoms. The molecule has 1 N–H and O–H groups in total. The molecule has 0 aromatic carbocycles. The minimum Gasteiger partial charge on any atom is -0.382 e. The van der Waals surface area contributed by atoms with Crippen LogP contribution in [0.2, 0.25) is 0 Å². The highest BCUT2D eigenvalue weighted by Gasteiger charge is 2.14. The SMILES string of the molecule is COC(C)CC(CNCC(C)C)CC(C)C. The Morgan fingerprint density at radius 2 is 1.50 bits per heavy atom. The van der Waals surface area contributed by atoms with Gasteiger partial charge in [0.2, 0.25) is 0 Å². The van der Waals surface area contributed by atoms with E-state index in [9.17, 15) is 0 Å².